The van der Waals surface area contributed by atoms with Gasteiger partial charge in [-0.05, 0) is 12.1 Å². The van der Waals surface area contributed by atoms with Crippen molar-refractivity contribution in [1.29, 1.82) is 0 Å². The fraction of sp³-hybridized carbons (Fsp3) is 0.471. The first-order valence-corrected chi connectivity index (χ1v) is 8.43. The van der Waals surface area contributed by atoms with Gasteiger partial charge in [0.2, 0.25) is 0 Å². The van der Waals surface area contributed by atoms with Crippen molar-refractivity contribution in [2.45, 2.75) is 6.42 Å². The van der Waals surface area contributed by atoms with Crippen molar-refractivity contribution in [2.75, 3.05) is 44.7 Å². The number of rotatable bonds is 4. The fourth-order valence-corrected chi connectivity index (χ4v) is 2.92. The SMILES string of the molecule is CN=C(NCCc1ccco1)N1CCN(c2nccn(C)c2=O)CC1. The van der Waals surface area contributed by atoms with Gasteiger partial charge in [0.1, 0.15) is 5.76 Å². The number of hydrogen-bond acceptors (Lipinski definition) is 5. The average Bonchev–Trinajstić information content (AvgIpc) is 3.15. The van der Waals surface area contributed by atoms with Crippen LogP contribution in [0, 0.1) is 0 Å². The zero-order chi connectivity index (χ0) is 17.6. The third kappa shape index (κ3) is 4.01. The Balaban J connectivity index is 1.53. The summed E-state index contributed by atoms with van der Waals surface area (Å²) in [5, 5.41) is 3.37. The number of aliphatic imine (C=N–C) groups is 1. The molecule has 1 N–H and O–H groups in total. The van der Waals surface area contributed by atoms with Crippen LogP contribution in [-0.2, 0) is 13.5 Å². The van der Waals surface area contributed by atoms with Crippen molar-refractivity contribution in [3.05, 3.63) is 46.9 Å². The summed E-state index contributed by atoms with van der Waals surface area (Å²) in [5.74, 6) is 2.35. The predicted molar refractivity (Wildman–Crippen MR) is 97.0 cm³/mol. The molecule has 2 aromatic heterocycles. The monoisotopic (exact) mass is 344 g/mol. The Morgan fingerprint density at radius 2 is 2.16 bits per heavy atom. The van der Waals surface area contributed by atoms with Crippen molar-refractivity contribution in [3.63, 3.8) is 0 Å². The Kier molecular flexibility index (Phi) is 5.37. The zero-order valence-electron chi connectivity index (χ0n) is 14.7. The Hall–Kier alpha value is -2.77. The normalized spacial score (nSPS) is 15.5. The number of hydrogen-bond donors (Lipinski definition) is 1. The summed E-state index contributed by atoms with van der Waals surface area (Å²) in [6.45, 7) is 3.83. The Bertz CT molecular complexity index is 760. The van der Waals surface area contributed by atoms with Crippen LogP contribution in [0.4, 0.5) is 5.82 Å². The highest BCUT2D eigenvalue weighted by Gasteiger charge is 2.22. The van der Waals surface area contributed by atoms with Crippen molar-refractivity contribution >= 4 is 11.8 Å². The number of nitrogens with one attached hydrogen (secondary N) is 1. The molecule has 1 aliphatic rings. The van der Waals surface area contributed by atoms with E-state index in [1.165, 1.54) is 0 Å². The number of anilines is 1. The predicted octanol–water partition coefficient (Wildman–Crippen LogP) is 0.313. The van der Waals surface area contributed by atoms with Gasteiger partial charge in [-0.25, -0.2) is 4.98 Å². The molecule has 1 aliphatic heterocycles. The van der Waals surface area contributed by atoms with E-state index in [1.807, 2.05) is 17.0 Å². The highest BCUT2D eigenvalue weighted by molar-refractivity contribution is 5.80. The van der Waals surface area contributed by atoms with Gasteiger partial charge in [0.05, 0.1) is 6.26 Å². The minimum atomic E-state index is -0.0584. The number of aryl methyl sites for hydroxylation is 1. The van der Waals surface area contributed by atoms with E-state index >= 15 is 0 Å². The minimum Gasteiger partial charge on any atom is -0.469 e. The molecule has 0 bridgehead atoms. The number of piperazine rings is 1. The lowest BCUT2D eigenvalue weighted by atomic mass is 10.3. The third-order valence-electron chi connectivity index (χ3n) is 4.32. The molecule has 0 saturated carbocycles. The van der Waals surface area contributed by atoms with E-state index in [2.05, 4.69) is 20.2 Å². The maximum absolute atomic E-state index is 12.2. The number of guanidine groups is 1. The van der Waals surface area contributed by atoms with E-state index in [-0.39, 0.29) is 5.56 Å². The minimum absolute atomic E-state index is 0.0584. The van der Waals surface area contributed by atoms with Gasteiger partial charge in [0, 0.05) is 65.6 Å². The largest absolute Gasteiger partial charge is 0.469 e. The van der Waals surface area contributed by atoms with Gasteiger partial charge < -0.3 is 24.1 Å². The number of nitrogens with zero attached hydrogens (tertiary/aromatic N) is 5. The molecule has 1 saturated heterocycles. The summed E-state index contributed by atoms with van der Waals surface area (Å²) < 4.78 is 6.90. The van der Waals surface area contributed by atoms with Crippen molar-refractivity contribution < 1.29 is 4.42 Å². The van der Waals surface area contributed by atoms with E-state index in [0.717, 1.165) is 50.9 Å². The van der Waals surface area contributed by atoms with Gasteiger partial charge in [-0.2, -0.15) is 0 Å². The molecule has 0 amide bonds. The highest BCUT2D eigenvalue weighted by Crippen LogP contribution is 2.09. The van der Waals surface area contributed by atoms with Crippen LogP contribution in [0.2, 0.25) is 0 Å². The molecule has 0 aliphatic carbocycles. The molecule has 3 rings (SSSR count). The first-order valence-electron chi connectivity index (χ1n) is 8.43. The first-order chi connectivity index (χ1) is 12.2. The maximum Gasteiger partial charge on any atom is 0.293 e. The second-order valence-electron chi connectivity index (χ2n) is 5.94. The van der Waals surface area contributed by atoms with Crippen LogP contribution < -0.4 is 15.8 Å². The topological polar surface area (TPSA) is 78.9 Å². The Morgan fingerprint density at radius 1 is 1.36 bits per heavy atom. The lowest BCUT2D eigenvalue weighted by Gasteiger charge is -2.36. The van der Waals surface area contributed by atoms with Crippen molar-refractivity contribution in [3.8, 4) is 0 Å². The molecular weight excluding hydrogens is 320 g/mol. The molecule has 0 atom stereocenters. The molecule has 25 heavy (non-hydrogen) atoms. The quantitative estimate of drug-likeness (QED) is 0.635. The Morgan fingerprint density at radius 3 is 2.84 bits per heavy atom. The molecule has 0 unspecified atom stereocenters. The van der Waals surface area contributed by atoms with E-state index in [1.54, 1.807) is 37.3 Å². The van der Waals surface area contributed by atoms with Gasteiger partial charge in [-0.1, -0.05) is 0 Å². The fourth-order valence-electron chi connectivity index (χ4n) is 2.92. The molecule has 0 radical (unpaired) electrons. The summed E-state index contributed by atoms with van der Waals surface area (Å²) in [6.07, 6.45) is 5.84. The number of aromatic nitrogens is 2. The summed E-state index contributed by atoms with van der Waals surface area (Å²) in [7, 11) is 3.53. The lowest BCUT2D eigenvalue weighted by molar-refractivity contribution is 0.370. The van der Waals surface area contributed by atoms with Crippen molar-refractivity contribution in [1.82, 2.24) is 19.8 Å². The summed E-state index contributed by atoms with van der Waals surface area (Å²) in [4.78, 5) is 25.0. The third-order valence-corrected chi connectivity index (χ3v) is 4.32. The molecule has 2 aromatic rings. The summed E-state index contributed by atoms with van der Waals surface area (Å²) in [5.41, 5.74) is -0.0584. The van der Waals surface area contributed by atoms with E-state index in [9.17, 15) is 4.79 Å². The second-order valence-corrected chi connectivity index (χ2v) is 5.94. The smallest absolute Gasteiger partial charge is 0.293 e. The first kappa shape index (κ1) is 17.1. The molecule has 0 spiro atoms. The van der Waals surface area contributed by atoms with Crippen LogP contribution in [-0.4, -0.2) is 60.2 Å². The standard InChI is InChI=1S/C17H24N6O2/c1-18-17(20-6-5-14-4-3-13-25-14)23-11-9-22(10-12-23)15-16(24)21(2)8-7-19-15/h3-4,7-8,13H,5-6,9-12H2,1-2H3,(H,18,20). The van der Waals surface area contributed by atoms with Crippen LogP contribution in [0.3, 0.4) is 0 Å². The molecule has 0 aromatic carbocycles. The van der Waals surface area contributed by atoms with Gasteiger partial charge in [0.25, 0.3) is 5.56 Å². The Labute approximate surface area is 146 Å². The van der Waals surface area contributed by atoms with Gasteiger partial charge in [-0.3, -0.25) is 9.79 Å². The molecule has 8 heteroatoms. The molecule has 3 heterocycles. The zero-order valence-corrected chi connectivity index (χ0v) is 14.7. The average molecular weight is 344 g/mol. The summed E-state index contributed by atoms with van der Waals surface area (Å²) in [6, 6.07) is 3.86. The maximum atomic E-state index is 12.2. The second kappa shape index (κ2) is 7.87. The summed E-state index contributed by atoms with van der Waals surface area (Å²) >= 11 is 0. The van der Waals surface area contributed by atoms with Gasteiger partial charge in [0.15, 0.2) is 11.8 Å². The van der Waals surface area contributed by atoms with Crippen LogP contribution in [0.25, 0.3) is 0 Å². The van der Waals surface area contributed by atoms with Gasteiger partial charge in [-0.15, -0.1) is 0 Å². The lowest BCUT2D eigenvalue weighted by Crippen LogP contribution is -2.53. The van der Waals surface area contributed by atoms with Gasteiger partial charge >= 0.3 is 0 Å². The van der Waals surface area contributed by atoms with E-state index < -0.39 is 0 Å². The number of furan rings is 1. The highest BCUT2D eigenvalue weighted by atomic mass is 16.3. The molecule has 1 fully saturated rings. The molecule has 134 valence electrons. The van der Waals surface area contributed by atoms with Crippen LogP contribution in [0.1, 0.15) is 5.76 Å². The molecule has 8 nitrogen and oxygen atoms in total. The van der Waals surface area contributed by atoms with Crippen LogP contribution >= 0.6 is 0 Å². The van der Waals surface area contributed by atoms with Crippen molar-refractivity contribution in [2.24, 2.45) is 12.0 Å². The van der Waals surface area contributed by atoms with Crippen LogP contribution in [0.15, 0.2) is 45.0 Å². The van der Waals surface area contributed by atoms with E-state index in [0.29, 0.717) is 5.82 Å². The van der Waals surface area contributed by atoms with E-state index in [4.69, 9.17) is 4.42 Å². The van der Waals surface area contributed by atoms with Crippen LogP contribution in [0.5, 0.6) is 0 Å². The molecular formula is C17H24N6O2.